The maximum atomic E-state index is 12.0. The van der Waals surface area contributed by atoms with Gasteiger partial charge in [-0.25, -0.2) is 0 Å². The minimum absolute atomic E-state index is 0.101. The van der Waals surface area contributed by atoms with Crippen molar-refractivity contribution in [3.05, 3.63) is 21.4 Å². The summed E-state index contributed by atoms with van der Waals surface area (Å²) in [4.78, 5) is 14.2. The van der Waals surface area contributed by atoms with E-state index in [2.05, 4.69) is 0 Å². The number of ketones is 1. The smallest absolute Gasteiger partial charge is 0.189 e. The highest BCUT2D eigenvalue weighted by atomic mass is 32.1. The number of rotatable bonds is 5. The number of ether oxygens (including phenoxy) is 2. The van der Waals surface area contributed by atoms with Gasteiger partial charge < -0.3 is 9.47 Å². The summed E-state index contributed by atoms with van der Waals surface area (Å²) in [6, 6.07) is 1.96. The topological polar surface area (TPSA) is 35.5 Å². The average Bonchev–Trinajstić information content (AvgIpc) is 2.70. The van der Waals surface area contributed by atoms with E-state index in [0.29, 0.717) is 12.5 Å². The molecule has 0 atom stereocenters. The lowest BCUT2D eigenvalue weighted by atomic mass is 10.0. The Morgan fingerprint density at radius 2 is 2.17 bits per heavy atom. The Hall–Kier alpha value is -0.710. The molecule has 0 amide bonds. The van der Waals surface area contributed by atoms with Gasteiger partial charge in [0.1, 0.15) is 6.61 Å². The normalized spacial score (nSPS) is 17.0. The fraction of sp³-hybridized carbons (Fsp3) is 0.643. The zero-order chi connectivity index (χ0) is 13.0. The van der Waals surface area contributed by atoms with Crippen LogP contribution in [0, 0.1) is 19.8 Å². The van der Waals surface area contributed by atoms with Crippen molar-refractivity contribution in [2.45, 2.75) is 26.7 Å². The Labute approximate surface area is 112 Å². The Morgan fingerprint density at radius 3 is 2.78 bits per heavy atom. The minimum Gasteiger partial charge on any atom is -0.381 e. The van der Waals surface area contributed by atoms with Crippen LogP contribution in [0.4, 0.5) is 0 Å². The molecule has 1 aromatic heterocycles. The Kier molecular flexibility index (Phi) is 4.92. The van der Waals surface area contributed by atoms with Crippen LogP contribution in [-0.4, -0.2) is 32.2 Å². The van der Waals surface area contributed by atoms with Crippen molar-refractivity contribution in [3.63, 3.8) is 0 Å². The van der Waals surface area contributed by atoms with E-state index in [-0.39, 0.29) is 12.4 Å². The fourth-order valence-corrected chi connectivity index (χ4v) is 3.16. The molecule has 1 aromatic rings. The van der Waals surface area contributed by atoms with E-state index in [4.69, 9.17) is 9.47 Å². The lowest BCUT2D eigenvalue weighted by Gasteiger charge is -2.21. The molecule has 0 saturated carbocycles. The average molecular weight is 268 g/mol. The van der Waals surface area contributed by atoms with E-state index in [1.165, 1.54) is 4.88 Å². The van der Waals surface area contributed by atoms with Gasteiger partial charge in [0, 0.05) is 28.5 Å². The van der Waals surface area contributed by atoms with Crippen molar-refractivity contribution in [3.8, 4) is 0 Å². The lowest BCUT2D eigenvalue weighted by Crippen LogP contribution is -2.21. The molecule has 2 heterocycles. The minimum atomic E-state index is 0.101. The zero-order valence-corrected chi connectivity index (χ0v) is 11.8. The second kappa shape index (κ2) is 6.45. The van der Waals surface area contributed by atoms with E-state index in [1.807, 2.05) is 19.9 Å². The molecule has 0 aromatic carbocycles. The fourth-order valence-electron chi connectivity index (χ4n) is 2.22. The summed E-state index contributed by atoms with van der Waals surface area (Å²) >= 11 is 1.67. The largest absolute Gasteiger partial charge is 0.381 e. The Bertz CT molecular complexity index is 405. The van der Waals surface area contributed by atoms with E-state index >= 15 is 0 Å². The second-order valence-corrected chi connectivity index (χ2v) is 6.28. The van der Waals surface area contributed by atoms with Gasteiger partial charge in [-0.3, -0.25) is 4.79 Å². The van der Waals surface area contributed by atoms with Gasteiger partial charge in [0.15, 0.2) is 5.78 Å². The molecule has 2 rings (SSSR count). The van der Waals surface area contributed by atoms with E-state index < -0.39 is 0 Å². The van der Waals surface area contributed by atoms with Gasteiger partial charge in [0.25, 0.3) is 0 Å². The van der Waals surface area contributed by atoms with Crippen molar-refractivity contribution >= 4 is 17.1 Å². The molecular formula is C14H20O3S. The maximum absolute atomic E-state index is 12.0. The first-order valence-corrected chi connectivity index (χ1v) is 7.24. The van der Waals surface area contributed by atoms with Crippen LogP contribution < -0.4 is 0 Å². The second-order valence-electron chi connectivity index (χ2n) is 4.82. The standard InChI is InChI=1S/C14H20O3S/c1-10-7-13(11(2)18-10)14(15)9-17-8-12-3-5-16-6-4-12/h7,12H,3-6,8-9H2,1-2H3. The quantitative estimate of drug-likeness (QED) is 0.770. The first kappa shape index (κ1) is 13.7. The Balaban J connectivity index is 1.76. The molecule has 0 radical (unpaired) electrons. The Morgan fingerprint density at radius 1 is 1.44 bits per heavy atom. The number of hydrogen-bond donors (Lipinski definition) is 0. The molecule has 1 saturated heterocycles. The van der Waals surface area contributed by atoms with Gasteiger partial charge >= 0.3 is 0 Å². The van der Waals surface area contributed by atoms with Crippen molar-refractivity contribution in [1.29, 1.82) is 0 Å². The molecule has 4 heteroatoms. The zero-order valence-electron chi connectivity index (χ0n) is 11.0. The summed E-state index contributed by atoms with van der Waals surface area (Å²) in [5, 5.41) is 0. The van der Waals surface area contributed by atoms with Gasteiger partial charge in [-0.2, -0.15) is 0 Å². The third-order valence-corrected chi connectivity index (χ3v) is 4.23. The van der Waals surface area contributed by atoms with Crippen LogP contribution in [0.25, 0.3) is 0 Å². The molecule has 0 spiro atoms. The van der Waals surface area contributed by atoms with Crippen molar-refractivity contribution in [1.82, 2.24) is 0 Å². The third-order valence-electron chi connectivity index (χ3n) is 3.27. The van der Waals surface area contributed by atoms with Crippen LogP contribution in [0.5, 0.6) is 0 Å². The molecule has 1 aliphatic rings. The van der Waals surface area contributed by atoms with E-state index in [1.54, 1.807) is 11.3 Å². The van der Waals surface area contributed by atoms with Crippen LogP contribution in [0.1, 0.15) is 33.0 Å². The molecule has 0 unspecified atom stereocenters. The summed E-state index contributed by atoms with van der Waals surface area (Å²) in [6.07, 6.45) is 2.09. The SMILES string of the molecule is Cc1cc(C(=O)COCC2CCOCC2)c(C)s1. The number of aryl methyl sites for hydroxylation is 2. The number of carbonyl (C=O) groups is 1. The van der Waals surface area contributed by atoms with Gasteiger partial charge in [-0.1, -0.05) is 0 Å². The lowest BCUT2D eigenvalue weighted by molar-refractivity contribution is 0.0216. The molecule has 0 aliphatic carbocycles. The molecule has 3 nitrogen and oxygen atoms in total. The van der Waals surface area contributed by atoms with Crippen LogP contribution in [-0.2, 0) is 9.47 Å². The number of thiophene rings is 1. The van der Waals surface area contributed by atoms with Crippen molar-refractivity contribution in [2.24, 2.45) is 5.92 Å². The third kappa shape index (κ3) is 3.64. The molecule has 100 valence electrons. The summed E-state index contributed by atoms with van der Waals surface area (Å²) in [5.74, 6) is 0.653. The molecule has 1 fully saturated rings. The predicted octanol–water partition coefficient (Wildman–Crippen LogP) is 2.99. The first-order chi connectivity index (χ1) is 8.66. The van der Waals surface area contributed by atoms with Crippen LogP contribution in [0.15, 0.2) is 6.07 Å². The molecule has 0 N–H and O–H groups in total. The highest BCUT2D eigenvalue weighted by Gasteiger charge is 2.16. The number of Topliss-reactive ketones (excluding diaryl/α,β-unsaturated/α-hetero) is 1. The molecule has 18 heavy (non-hydrogen) atoms. The summed E-state index contributed by atoms with van der Waals surface area (Å²) in [6.45, 7) is 6.54. The van der Waals surface area contributed by atoms with E-state index in [0.717, 1.165) is 36.5 Å². The summed E-state index contributed by atoms with van der Waals surface area (Å²) in [7, 11) is 0. The summed E-state index contributed by atoms with van der Waals surface area (Å²) < 4.78 is 10.8. The van der Waals surface area contributed by atoms with Gasteiger partial charge in [-0.05, 0) is 38.7 Å². The molecule has 0 bridgehead atoms. The number of hydrogen-bond acceptors (Lipinski definition) is 4. The maximum Gasteiger partial charge on any atom is 0.189 e. The molecular weight excluding hydrogens is 248 g/mol. The highest BCUT2D eigenvalue weighted by molar-refractivity contribution is 7.12. The van der Waals surface area contributed by atoms with Crippen LogP contribution in [0.2, 0.25) is 0 Å². The van der Waals surface area contributed by atoms with Crippen molar-refractivity contribution < 1.29 is 14.3 Å². The van der Waals surface area contributed by atoms with Gasteiger partial charge in [-0.15, -0.1) is 11.3 Å². The highest BCUT2D eigenvalue weighted by Crippen LogP contribution is 2.21. The van der Waals surface area contributed by atoms with Gasteiger partial charge in [0.2, 0.25) is 0 Å². The summed E-state index contributed by atoms with van der Waals surface area (Å²) in [5.41, 5.74) is 0.824. The number of carbonyl (C=O) groups excluding carboxylic acids is 1. The van der Waals surface area contributed by atoms with Gasteiger partial charge in [0.05, 0.1) is 6.61 Å². The monoisotopic (exact) mass is 268 g/mol. The van der Waals surface area contributed by atoms with Crippen LogP contribution in [0.3, 0.4) is 0 Å². The molecule has 1 aliphatic heterocycles. The first-order valence-electron chi connectivity index (χ1n) is 6.42. The van der Waals surface area contributed by atoms with Crippen molar-refractivity contribution in [2.75, 3.05) is 26.4 Å². The van der Waals surface area contributed by atoms with Crippen LogP contribution >= 0.6 is 11.3 Å². The van der Waals surface area contributed by atoms with E-state index in [9.17, 15) is 4.79 Å². The predicted molar refractivity (Wildman–Crippen MR) is 72.5 cm³/mol.